The highest BCUT2D eigenvalue weighted by atomic mass is 16.1. The van der Waals surface area contributed by atoms with Crippen molar-refractivity contribution in [2.45, 2.75) is 39.0 Å². The summed E-state index contributed by atoms with van der Waals surface area (Å²) in [6, 6.07) is 5.51. The maximum absolute atomic E-state index is 12.2. The summed E-state index contributed by atoms with van der Waals surface area (Å²) in [5, 5.41) is 0. The second kappa shape index (κ2) is 6.07. The minimum absolute atomic E-state index is 0.0625. The number of Topliss-reactive ketones (excluding diaryl/α,β-unsaturated/α-hetero) is 1. The number of ketones is 1. The van der Waals surface area contributed by atoms with Crippen LogP contribution in [0.1, 0.15) is 49.4 Å². The Morgan fingerprint density at radius 3 is 2.45 bits per heavy atom. The van der Waals surface area contributed by atoms with Crippen molar-refractivity contribution in [2.75, 3.05) is 0 Å². The van der Waals surface area contributed by atoms with Crippen molar-refractivity contribution >= 4 is 16.8 Å². The molecule has 0 atom stereocenters. The standard InChI is InChI=1S/C16H22N2O2/c1-4-5-6-7-8-15(19)12-9-10-13-14(11-12)18(3)16(20)17(13)2/h9-11H,4-8H2,1-3H3. The van der Waals surface area contributed by atoms with E-state index in [1.165, 1.54) is 12.8 Å². The third-order valence-corrected chi connectivity index (χ3v) is 3.85. The number of benzene rings is 1. The zero-order valence-corrected chi connectivity index (χ0v) is 12.5. The fraction of sp³-hybridized carbons (Fsp3) is 0.500. The molecule has 0 aliphatic carbocycles. The lowest BCUT2D eigenvalue weighted by atomic mass is 10.0. The lowest BCUT2D eigenvalue weighted by molar-refractivity contribution is 0.0979. The lowest BCUT2D eigenvalue weighted by Gasteiger charge is -2.02. The molecule has 0 radical (unpaired) electrons. The summed E-state index contributed by atoms with van der Waals surface area (Å²) in [6.45, 7) is 2.16. The highest BCUT2D eigenvalue weighted by molar-refractivity contribution is 5.98. The average molecular weight is 274 g/mol. The zero-order valence-electron chi connectivity index (χ0n) is 12.5. The molecule has 0 N–H and O–H groups in total. The summed E-state index contributed by atoms with van der Waals surface area (Å²) in [7, 11) is 3.48. The summed E-state index contributed by atoms with van der Waals surface area (Å²) in [5.41, 5.74) is 2.32. The van der Waals surface area contributed by atoms with E-state index in [0.717, 1.165) is 23.9 Å². The molecule has 0 bridgehead atoms. The van der Waals surface area contributed by atoms with E-state index in [0.29, 0.717) is 12.0 Å². The van der Waals surface area contributed by atoms with Gasteiger partial charge in [-0.15, -0.1) is 0 Å². The number of aromatic nitrogens is 2. The summed E-state index contributed by atoms with van der Waals surface area (Å²) in [4.78, 5) is 24.0. The highest BCUT2D eigenvalue weighted by Crippen LogP contribution is 2.16. The second-order valence-corrected chi connectivity index (χ2v) is 5.34. The number of imidazole rings is 1. The molecular weight excluding hydrogens is 252 g/mol. The van der Waals surface area contributed by atoms with E-state index >= 15 is 0 Å². The molecule has 0 fully saturated rings. The van der Waals surface area contributed by atoms with Crippen molar-refractivity contribution in [3.63, 3.8) is 0 Å². The first-order chi connectivity index (χ1) is 9.56. The number of carbonyl (C=O) groups excluding carboxylic acids is 1. The van der Waals surface area contributed by atoms with Gasteiger partial charge in [0.15, 0.2) is 5.78 Å². The van der Waals surface area contributed by atoms with E-state index in [4.69, 9.17) is 0 Å². The van der Waals surface area contributed by atoms with Crippen molar-refractivity contribution in [1.29, 1.82) is 0 Å². The maximum Gasteiger partial charge on any atom is 0.328 e. The van der Waals surface area contributed by atoms with E-state index in [9.17, 15) is 9.59 Å². The van der Waals surface area contributed by atoms with Crippen LogP contribution in [0.4, 0.5) is 0 Å². The SMILES string of the molecule is CCCCCCC(=O)c1ccc2c(c1)n(C)c(=O)n2C. The van der Waals surface area contributed by atoms with E-state index in [-0.39, 0.29) is 11.5 Å². The summed E-state index contributed by atoms with van der Waals surface area (Å²) >= 11 is 0. The predicted molar refractivity (Wildman–Crippen MR) is 81.2 cm³/mol. The Kier molecular flexibility index (Phi) is 4.42. The minimum Gasteiger partial charge on any atom is -0.295 e. The molecule has 2 rings (SSSR count). The van der Waals surface area contributed by atoms with Crippen LogP contribution in [0.25, 0.3) is 11.0 Å². The van der Waals surface area contributed by atoms with Gasteiger partial charge in [-0.2, -0.15) is 0 Å². The second-order valence-electron chi connectivity index (χ2n) is 5.34. The van der Waals surface area contributed by atoms with Crippen LogP contribution in [0.15, 0.2) is 23.0 Å². The van der Waals surface area contributed by atoms with Crippen molar-refractivity contribution < 1.29 is 4.79 Å². The average Bonchev–Trinajstić information content (AvgIpc) is 2.68. The first-order valence-corrected chi connectivity index (χ1v) is 7.25. The number of carbonyl (C=O) groups is 1. The van der Waals surface area contributed by atoms with Gasteiger partial charge in [0, 0.05) is 26.1 Å². The number of rotatable bonds is 6. The van der Waals surface area contributed by atoms with Gasteiger partial charge in [-0.25, -0.2) is 4.79 Å². The molecule has 0 saturated carbocycles. The van der Waals surface area contributed by atoms with E-state index in [1.54, 1.807) is 23.2 Å². The van der Waals surface area contributed by atoms with Crippen LogP contribution in [-0.4, -0.2) is 14.9 Å². The summed E-state index contributed by atoms with van der Waals surface area (Å²) in [5.74, 6) is 0.166. The molecule has 108 valence electrons. The first-order valence-electron chi connectivity index (χ1n) is 7.25. The highest BCUT2D eigenvalue weighted by Gasteiger charge is 2.11. The summed E-state index contributed by atoms with van der Waals surface area (Å²) < 4.78 is 3.19. The smallest absolute Gasteiger partial charge is 0.295 e. The number of fused-ring (bicyclic) bond motifs is 1. The molecule has 0 amide bonds. The topological polar surface area (TPSA) is 44.0 Å². The Balaban J connectivity index is 2.21. The molecule has 0 unspecified atom stereocenters. The van der Waals surface area contributed by atoms with E-state index in [1.807, 2.05) is 18.2 Å². The van der Waals surface area contributed by atoms with Gasteiger partial charge in [0.05, 0.1) is 11.0 Å². The molecule has 0 aliphatic rings. The zero-order chi connectivity index (χ0) is 14.7. The number of hydrogen-bond donors (Lipinski definition) is 0. The van der Waals surface area contributed by atoms with Gasteiger partial charge in [0.2, 0.25) is 0 Å². The number of aryl methyl sites for hydroxylation is 2. The van der Waals surface area contributed by atoms with E-state index < -0.39 is 0 Å². The van der Waals surface area contributed by atoms with Crippen molar-refractivity contribution in [1.82, 2.24) is 9.13 Å². The van der Waals surface area contributed by atoms with Crippen LogP contribution in [0.2, 0.25) is 0 Å². The molecule has 1 heterocycles. The fourth-order valence-corrected chi connectivity index (χ4v) is 2.54. The Hall–Kier alpha value is -1.84. The van der Waals surface area contributed by atoms with Crippen molar-refractivity contribution in [3.8, 4) is 0 Å². The molecular formula is C16H22N2O2. The lowest BCUT2D eigenvalue weighted by Crippen LogP contribution is -2.19. The molecule has 4 heteroatoms. The first kappa shape index (κ1) is 14.6. The molecule has 1 aromatic carbocycles. The van der Waals surface area contributed by atoms with Gasteiger partial charge in [0.1, 0.15) is 0 Å². The molecule has 4 nitrogen and oxygen atoms in total. The molecule has 2 aromatic rings. The third-order valence-electron chi connectivity index (χ3n) is 3.85. The van der Waals surface area contributed by atoms with Gasteiger partial charge in [-0.1, -0.05) is 26.2 Å². The molecule has 0 saturated heterocycles. The van der Waals surface area contributed by atoms with Crippen molar-refractivity contribution in [2.24, 2.45) is 14.1 Å². The normalized spacial score (nSPS) is 11.2. The molecule has 20 heavy (non-hydrogen) atoms. The van der Waals surface area contributed by atoms with Crippen LogP contribution in [0.5, 0.6) is 0 Å². The van der Waals surface area contributed by atoms with Gasteiger partial charge >= 0.3 is 5.69 Å². The molecule has 0 spiro atoms. The Morgan fingerprint density at radius 2 is 1.75 bits per heavy atom. The van der Waals surface area contributed by atoms with Crippen molar-refractivity contribution in [3.05, 3.63) is 34.2 Å². The maximum atomic E-state index is 12.2. The largest absolute Gasteiger partial charge is 0.328 e. The number of unbranched alkanes of at least 4 members (excludes halogenated alkanes) is 3. The molecule has 0 aliphatic heterocycles. The Bertz CT molecular complexity index is 680. The van der Waals surface area contributed by atoms with Crippen LogP contribution in [-0.2, 0) is 14.1 Å². The van der Waals surface area contributed by atoms with Gasteiger partial charge < -0.3 is 0 Å². The van der Waals surface area contributed by atoms with Gasteiger partial charge in [-0.3, -0.25) is 13.9 Å². The monoisotopic (exact) mass is 274 g/mol. The van der Waals surface area contributed by atoms with Gasteiger partial charge in [0.25, 0.3) is 0 Å². The number of nitrogens with zero attached hydrogens (tertiary/aromatic N) is 2. The quantitative estimate of drug-likeness (QED) is 0.600. The van der Waals surface area contributed by atoms with Gasteiger partial charge in [-0.05, 0) is 24.6 Å². The minimum atomic E-state index is -0.0625. The van der Waals surface area contributed by atoms with Crippen LogP contribution in [0, 0.1) is 0 Å². The van der Waals surface area contributed by atoms with Crippen LogP contribution >= 0.6 is 0 Å². The summed E-state index contributed by atoms with van der Waals surface area (Å²) in [6.07, 6.45) is 4.99. The van der Waals surface area contributed by atoms with E-state index in [2.05, 4.69) is 6.92 Å². The molecule has 1 aromatic heterocycles. The fourth-order valence-electron chi connectivity index (χ4n) is 2.54. The Morgan fingerprint density at radius 1 is 1.05 bits per heavy atom. The van der Waals surface area contributed by atoms with Crippen LogP contribution < -0.4 is 5.69 Å². The van der Waals surface area contributed by atoms with Crippen LogP contribution in [0.3, 0.4) is 0 Å². The third kappa shape index (κ3) is 2.69. The Labute approximate surface area is 119 Å². The predicted octanol–water partition coefficient (Wildman–Crippen LogP) is 3.03. The number of hydrogen-bond acceptors (Lipinski definition) is 2.